The van der Waals surface area contributed by atoms with Crippen LogP contribution in [0.15, 0.2) is 58.7 Å². The lowest BCUT2D eigenvalue weighted by Gasteiger charge is -2.29. The van der Waals surface area contributed by atoms with Crippen molar-refractivity contribution in [1.82, 2.24) is 0 Å². The lowest BCUT2D eigenvalue weighted by molar-refractivity contribution is 0.0860. The van der Waals surface area contributed by atoms with Crippen molar-refractivity contribution in [1.29, 1.82) is 0 Å². The standard InChI is InChI=1S/C32H26O8/c1-11(2)9-13-19-20(28-21(13)29(37)23-15(33)5-7-17(35)25(23)32(28)40)14(10-12(3)4)22-27(19)31(39)26-18(36)8-6-16(34)24(26)30(22)38/h5-10,13-14,19,21,33,35,38-39H,1-4H3. The predicted octanol–water partition coefficient (Wildman–Crippen LogP) is 5.18. The fourth-order valence-corrected chi connectivity index (χ4v) is 7.00. The lowest BCUT2D eigenvalue weighted by atomic mass is 9.71. The number of benzene rings is 2. The van der Waals surface area contributed by atoms with E-state index in [1.165, 1.54) is 0 Å². The lowest BCUT2D eigenvalue weighted by Crippen LogP contribution is -2.33. The van der Waals surface area contributed by atoms with Crippen molar-refractivity contribution in [2.45, 2.75) is 39.5 Å². The molecule has 0 saturated heterocycles. The summed E-state index contributed by atoms with van der Waals surface area (Å²) in [5.74, 6) is -7.60. The molecule has 4 aliphatic carbocycles. The van der Waals surface area contributed by atoms with Crippen molar-refractivity contribution >= 4 is 23.1 Å². The fourth-order valence-electron chi connectivity index (χ4n) is 7.00. The molecular weight excluding hydrogens is 512 g/mol. The molecule has 0 amide bonds. The Morgan fingerprint density at radius 3 is 1.75 bits per heavy atom. The molecule has 0 heterocycles. The zero-order valence-corrected chi connectivity index (χ0v) is 22.2. The molecule has 2 aromatic carbocycles. The Morgan fingerprint density at radius 1 is 0.675 bits per heavy atom. The van der Waals surface area contributed by atoms with E-state index in [1.807, 2.05) is 33.8 Å². The average Bonchev–Trinajstić information content (AvgIpc) is 3.37. The molecule has 4 unspecified atom stereocenters. The minimum atomic E-state index is -1.04. The largest absolute Gasteiger partial charge is 0.507 e. The minimum absolute atomic E-state index is 0.122. The highest BCUT2D eigenvalue weighted by molar-refractivity contribution is 6.27. The van der Waals surface area contributed by atoms with Gasteiger partial charge in [-0.2, -0.15) is 0 Å². The molecule has 4 atom stereocenters. The Labute approximate surface area is 229 Å². The van der Waals surface area contributed by atoms with E-state index in [9.17, 15) is 39.6 Å². The van der Waals surface area contributed by atoms with Gasteiger partial charge in [0.05, 0.1) is 28.2 Å². The van der Waals surface area contributed by atoms with E-state index < -0.39 is 69.8 Å². The summed E-state index contributed by atoms with van der Waals surface area (Å²) in [7, 11) is 0. The molecule has 0 fully saturated rings. The number of carbonyl (C=O) groups excluding carboxylic acids is 4. The van der Waals surface area contributed by atoms with Gasteiger partial charge in [-0.15, -0.1) is 0 Å². The number of Topliss-reactive ketones (excluding diaryl/α,β-unsaturated/α-hetero) is 2. The van der Waals surface area contributed by atoms with Gasteiger partial charge >= 0.3 is 0 Å². The first kappa shape index (κ1) is 25.6. The van der Waals surface area contributed by atoms with Crippen molar-refractivity contribution in [3.63, 3.8) is 0 Å². The van der Waals surface area contributed by atoms with Gasteiger partial charge < -0.3 is 20.4 Å². The van der Waals surface area contributed by atoms with E-state index in [1.54, 1.807) is 6.08 Å². The van der Waals surface area contributed by atoms with E-state index in [4.69, 9.17) is 0 Å². The quantitative estimate of drug-likeness (QED) is 0.302. The molecule has 0 aromatic heterocycles. The summed E-state index contributed by atoms with van der Waals surface area (Å²) in [6.45, 7) is 7.28. The van der Waals surface area contributed by atoms with Crippen LogP contribution in [0.4, 0.5) is 0 Å². The third kappa shape index (κ3) is 3.13. The zero-order valence-electron chi connectivity index (χ0n) is 22.2. The number of fused-ring (bicyclic) bond motifs is 6. The van der Waals surface area contributed by atoms with Crippen LogP contribution >= 0.6 is 0 Å². The van der Waals surface area contributed by atoms with Crippen LogP contribution in [0.25, 0.3) is 0 Å². The van der Waals surface area contributed by atoms with E-state index in [0.29, 0.717) is 5.57 Å². The van der Waals surface area contributed by atoms with Gasteiger partial charge in [-0.25, -0.2) is 0 Å². The SMILES string of the molecule is CC(C)=CC1C2=C3C(=O)c4c(O)ccc(O)c4C(=O)C3C(C=C(C)C)C2c2c(O)c3c(c(O)c21)C(=O)C=CC3=O. The van der Waals surface area contributed by atoms with Gasteiger partial charge in [0.2, 0.25) is 0 Å². The summed E-state index contributed by atoms with van der Waals surface area (Å²) in [4.78, 5) is 53.9. The molecule has 0 saturated carbocycles. The first-order valence-corrected chi connectivity index (χ1v) is 12.9. The number of phenols is 4. The van der Waals surface area contributed by atoms with Crippen LogP contribution in [0.5, 0.6) is 23.0 Å². The van der Waals surface area contributed by atoms with E-state index in [0.717, 1.165) is 35.4 Å². The topological polar surface area (TPSA) is 149 Å². The Hall–Kier alpha value is -4.72. The van der Waals surface area contributed by atoms with Gasteiger partial charge in [-0.05, 0) is 57.6 Å². The van der Waals surface area contributed by atoms with Crippen molar-refractivity contribution in [3.8, 4) is 23.0 Å². The molecule has 8 nitrogen and oxygen atoms in total. The van der Waals surface area contributed by atoms with Gasteiger partial charge in [-0.3, -0.25) is 19.2 Å². The fraction of sp³-hybridized carbons (Fsp3) is 0.250. The molecule has 4 N–H and O–H groups in total. The number of hydrogen-bond acceptors (Lipinski definition) is 8. The minimum Gasteiger partial charge on any atom is -0.507 e. The summed E-state index contributed by atoms with van der Waals surface area (Å²) in [5, 5.41) is 44.3. The molecule has 8 heteroatoms. The molecule has 6 rings (SSSR count). The van der Waals surface area contributed by atoms with E-state index in [2.05, 4.69) is 0 Å². The van der Waals surface area contributed by atoms with Crippen molar-refractivity contribution < 1.29 is 39.6 Å². The highest BCUT2D eigenvalue weighted by Crippen LogP contribution is 2.66. The Kier molecular flexibility index (Phi) is 5.36. The number of allylic oxidation sites excluding steroid dienone is 8. The van der Waals surface area contributed by atoms with Crippen molar-refractivity contribution in [2.24, 2.45) is 11.8 Å². The van der Waals surface area contributed by atoms with Crippen LogP contribution in [0, 0.1) is 11.8 Å². The number of ketones is 4. The first-order chi connectivity index (χ1) is 18.9. The average molecular weight is 539 g/mol. The summed E-state index contributed by atoms with van der Waals surface area (Å²) in [6.07, 6.45) is 5.68. The Morgan fingerprint density at radius 2 is 1.20 bits per heavy atom. The van der Waals surface area contributed by atoms with Crippen molar-refractivity contribution in [3.05, 3.63) is 92.1 Å². The first-order valence-electron chi connectivity index (χ1n) is 12.9. The highest BCUT2D eigenvalue weighted by Gasteiger charge is 2.58. The second-order valence-electron chi connectivity index (χ2n) is 11.3. The normalized spacial score (nSPS) is 23.9. The highest BCUT2D eigenvalue weighted by atomic mass is 16.3. The third-order valence-corrected chi connectivity index (χ3v) is 8.27. The number of aromatic hydroxyl groups is 4. The number of hydrogen-bond donors (Lipinski definition) is 4. The second-order valence-corrected chi connectivity index (χ2v) is 11.3. The Balaban J connectivity index is 1.77. The van der Waals surface area contributed by atoms with Crippen LogP contribution in [0.2, 0.25) is 0 Å². The molecule has 0 bridgehead atoms. The molecule has 40 heavy (non-hydrogen) atoms. The second kappa shape index (κ2) is 8.39. The maximum Gasteiger partial charge on any atom is 0.194 e. The molecule has 4 aliphatic rings. The van der Waals surface area contributed by atoms with Crippen molar-refractivity contribution in [2.75, 3.05) is 0 Å². The van der Waals surface area contributed by atoms with Crippen LogP contribution in [0.1, 0.15) is 92.1 Å². The molecule has 0 radical (unpaired) electrons. The maximum absolute atomic E-state index is 14.1. The van der Waals surface area contributed by atoms with E-state index in [-0.39, 0.29) is 39.0 Å². The summed E-state index contributed by atoms with van der Waals surface area (Å²) >= 11 is 0. The van der Waals surface area contributed by atoms with Crippen LogP contribution in [0.3, 0.4) is 0 Å². The van der Waals surface area contributed by atoms with Gasteiger partial charge in [0.15, 0.2) is 23.1 Å². The summed E-state index contributed by atoms with van der Waals surface area (Å²) in [5.41, 5.74) is 1.44. The number of rotatable bonds is 2. The number of phenolic OH excluding ortho intramolecular Hbond substituents is 4. The third-order valence-electron chi connectivity index (χ3n) is 8.27. The molecule has 0 aliphatic heterocycles. The summed E-state index contributed by atoms with van der Waals surface area (Å²) < 4.78 is 0. The number of carbonyl (C=O) groups is 4. The molecule has 2 aromatic rings. The monoisotopic (exact) mass is 538 g/mol. The molecule has 0 spiro atoms. The van der Waals surface area contributed by atoms with Crippen LogP contribution in [-0.4, -0.2) is 43.6 Å². The van der Waals surface area contributed by atoms with Crippen LogP contribution in [-0.2, 0) is 0 Å². The van der Waals surface area contributed by atoms with Gasteiger partial charge in [-0.1, -0.05) is 23.3 Å². The smallest absolute Gasteiger partial charge is 0.194 e. The zero-order chi connectivity index (χ0) is 28.9. The summed E-state index contributed by atoms with van der Waals surface area (Å²) in [6, 6.07) is 2.31. The van der Waals surface area contributed by atoms with Gasteiger partial charge in [0.25, 0.3) is 0 Å². The van der Waals surface area contributed by atoms with E-state index >= 15 is 0 Å². The molecule has 202 valence electrons. The predicted molar refractivity (Wildman–Crippen MR) is 144 cm³/mol. The van der Waals surface area contributed by atoms with Crippen LogP contribution < -0.4 is 0 Å². The molecular formula is C32H26O8. The maximum atomic E-state index is 14.1. The Bertz CT molecular complexity index is 1760. The van der Waals surface area contributed by atoms with Gasteiger partial charge in [0, 0.05) is 34.5 Å². The van der Waals surface area contributed by atoms with Gasteiger partial charge in [0.1, 0.15) is 23.0 Å².